The fraction of sp³-hybridized carbons (Fsp3) is 0.625. The van der Waals surface area contributed by atoms with Crippen molar-refractivity contribution in [3.8, 4) is 16.9 Å². The van der Waals surface area contributed by atoms with Crippen molar-refractivity contribution in [2.45, 2.75) is 39.3 Å². The topological polar surface area (TPSA) is 162 Å². The molecular weight excluding hydrogens is 1050 g/mol. The molecule has 0 heterocycles. The summed E-state index contributed by atoms with van der Waals surface area (Å²) in [6, 6.07) is 27.6. The van der Waals surface area contributed by atoms with E-state index in [0.29, 0.717) is 185 Å². The van der Waals surface area contributed by atoms with Crippen LogP contribution < -0.4 is 9.64 Å². The van der Waals surface area contributed by atoms with Gasteiger partial charge in [-0.1, -0.05) is 65.7 Å². The predicted molar refractivity (Wildman–Crippen MR) is 318 cm³/mol. The maximum absolute atomic E-state index is 8.72. The van der Waals surface area contributed by atoms with Gasteiger partial charge in [0.2, 0.25) is 0 Å². The zero-order valence-corrected chi connectivity index (χ0v) is 50.8. The Morgan fingerprint density at radius 2 is 0.805 bits per heavy atom. The molecule has 0 saturated carbocycles. The zero-order chi connectivity index (χ0) is 58.5. The maximum atomic E-state index is 8.72. The van der Waals surface area contributed by atoms with Crippen LogP contribution in [0.25, 0.3) is 11.1 Å². The second-order valence-corrected chi connectivity index (χ2v) is 20.8. The van der Waals surface area contributed by atoms with Crippen molar-refractivity contribution < 1.29 is 80.6 Å². The molecule has 0 amide bonds. The Morgan fingerprint density at radius 3 is 1.21 bits per heavy atom. The quantitative estimate of drug-likeness (QED) is 0.0311. The highest BCUT2D eigenvalue weighted by molar-refractivity contribution is 5.87. The molecule has 4 aromatic rings. The molecule has 0 unspecified atom stereocenters. The average Bonchev–Trinajstić information content (AvgIpc) is 1.74. The number of quaternary nitrogens is 1. The molecule has 18 heteroatoms. The lowest BCUT2D eigenvalue weighted by Crippen LogP contribution is -2.38. The van der Waals surface area contributed by atoms with E-state index in [1.165, 1.54) is 55.6 Å². The molecule has 5 rings (SSSR count). The van der Waals surface area contributed by atoms with Crippen LogP contribution in [0.5, 0.6) is 5.75 Å². The molecule has 1 aliphatic carbocycles. The van der Waals surface area contributed by atoms with Gasteiger partial charge in [-0.2, -0.15) is 0 Å². The summed E-state index contributed by atoms with van der Waals surface area (Å²) in [5.74, 6) is 0.792. The fourth-order valence-electron chi connectivity index (χ4n) is 9.40. The van der Waals surface area contributed by atoms with Gasteiger partial charge in [-0.05, 0) is 77.9 Å². The molecule has 0 radical (unpaired) electrons. The van der Waals surface area contributed by atoms with Crippen molar-refractivity contribution >= 4 is 5.69 Å². The van der Waals surface area contributed by atoms with E-state index < -0.39 is 5.41 Å². The Labute approximate surface area is 489 Å². The van der Waals surface area contributed by atoms with Gasteiger partial charge in [0.1, 0.15) is 18.9 Å². The van der Waals surface area contributed by atoms with Gasteiger partial charge in [0.25, 0.3) is 0 Å². The van der Waals surface area contributed by atoms with Gasteiger partial charge in [-0.25, -0.2) is 0 Å². The molecule has 0 atom stereocenters. The summed E-state index contributed by atoms with van der Waals surface area (Å²) in [6.45, 7) is 21.9. The zero-order valence-electron chi connectivity index (χ0n) is 50.8. The van der Waals surface area contributed by atoms with Crippen LogP contribution in [0.4, 0.5) is 5.69 Å². The van der Waals surface area contributed by atoms with E-state index in [1.54, 1.807) is 7.11 Å². The number of aliphatic hydroxyl groups is 1. The van der Waals surface area contributed by atoms with Crippen LogP contribution in [0.15, 0.2) is 72.8 Å². The Kier molecular flexibility index (Phi) is 33.6. The Hall–Kier alpha value is -4.16. The third-order valence-electron chi connectivity index (χ3n) is 13.9. The number of ether oxygens (including phenoxy) is 15. The first-order chi connectivity index (χ1) is 40.0. The van der Waals surface area contributed by atoms with Crippen LogP contribution in [0.2, 0.25) is 0 Å². The van der Waals surface area contributed by atoms with Crippen molar-refractivity contribution in [1.82, 2.24) is 0 Å². The molecule has 1 N–H and O–H groups in total. The van der Waals surface area contributed by atoms with E-state index in [9.17, 15) is 0 Å². The van der Waals surface area contributed by atoms with Gasteiger partial charge >= 0.3 is 0 Å². The summed E-state index contributed by atoms with van der Waals surface area (Å²) < 4.78 is 85.6. The first-order valence-corrected chi connectivity index (χ1v) is 29.3. The van der Waals surface area contributed by atoms with E-state index in [2.05, 4.69) is 127 Å². The van der Waals surface area contributed by atoms with E-state index in [1.807, 2.05) is 0 Å². The van der Waals surface area contributed by atoms with E-state index in [0.717, 1.165) is 29.0 Å². The Balaban J connectivity index is 1.14. The lowest BCUT2D eigenvalue weighted by atomic mass is 9.66. The Bertz CT molecular complexity index is 2280. The molecule has 4 aromatic carbocycles. The second kappa shape index (κ2) is 40.2. The van der Waals surface area contributed by atoms with Crippen LogP contribution in [-0.2, 0) is 84.9 Å². The number of hydrogen-bond donors (Lipinski definition) is 1. The number of fused-ring (bicyclic) bond motifs is 3. The first kappa shape index (κ1) is 68.6. The molecule has 0 aliphatic heterocycles. The number of anilines is 1. The SMILES string of the molecule is CC[N+](C)(C)Cc1cc(C2(c3ccc(OCCOCCOCCOCCOCCOCCOCCOC)c(N(C)C)c3)c3cc(C)ccc3-c3ccc(C)cc32)ccc1COCCOCCOCCOCCOCCOCCOCCO. The summed E-state index contributed by atoms with van der Waals surface area (Å²) in [5.41, 5.74) is 12.6. The molecular formula is C64H99N2O16+. The number of benzene rings is 4. The normalized spacial score (nSPS) is 12.8. The van der Waals surface area contributed by atoms with Crippen molar-refractivity contribution in [3.63, 3.8) is 0 Å². The highest BCUT2D eigenvalue weighted by atomic mass is 16.6. The average molecular weight is 1150 g/mol. The molecule has 82 heavy (non-hydrogen) atoms. The molecule has 0 aromatic heterocycles. The standard InChI is InChI=1S/C64H99N2O16/c1-9-66(6,7)50-55-48-56(13-12-54(55)51-81-43-42-79-39-38-77-35-34-75-31-30-73-27-26-71-23-22-69-19-18-67)64(60-46-52(2)10-15-58(60)59-16-11-53(3)47-61(59)64)57-14-17-63(62(49-57)65(4)5)82-45-44-80-41-40-78-37-36-76-33-32-74-29-28-72-25-24-70-21-20-68-8/h10-17,46-49,67H,9,18-45,50-51H2,1-8H3/q+1. The van der Waals surface area contributed by atoms with Crippen molar-refractivity contribution in [2.75, 3.05) is 232 Å². The molecule has 0 bridgehead atoms. The van der Waals surface area contributed by atoms with E-state index >= 15 is 0 Å². The predicted octanol–water partition coefficient (Wildman–Crippen LogP) is 7.06. The lowest BCUT2D eigenvalue weighted by Gasteiger charge is -2.36. The van der Waals surface area contributed by atoms with Gasteiger partial charge < -0.3 is 85.5 Å². The summed E-state index contributed by atoms with van der Waals surface area (Å²) in [4.78, 5) is 2.14. The molecule has 18 nitrogen and oxygen atoms in total. The summed E-state index contributed by atoms with van der Waals surface area (Å²) in [5, 5.41) is 8.72. The van der Waals surface area contributed by atoms with Crippen LogP contribution in [0.1, 0.15) is 51.4 Å². The van der Waals surface area contributed by atoms with Gasteiger partial charge in [0.15, 0.2) is 0 Å². The largest absolute Gasteiger partial charge is 0.489 e. The number of aliphatic hydroxyl groups excluding tert-OH is 1. The van der Waals surface area contributed by atoms with Gasteiger partial charge in [0, 0.05) is 26.8 Å². The molecule has 0 fully saturated rings. The minimum atomic E-state index is -0.633. The number of nitrogens with zero attached hydrogens (tertiary/aromatic N) is 2. The number of hydrogen-bond acceptors (Lipinski definition) is 17. The fourth-order valence-corrected chi connectivity index (χ4v) is 9.40. The number of methoxy groups -OCH3 is 1. The second-order valence-electron chi connectivity index (χ2n) is 20.8. The van der Waals surface area contributed by atoms with Crippen molar-refractivity contribution in [2.24, 2.45) is 0 Å². The minimum absolute atomic E-state index is 0.0149. The van der Waals surface area contributed by atoms with Crippen LogP contribution in [0, 0.1) is 13.8 Å². The summed E-state index contributed by atoms with van der Waals surface area (Å²) in [6.07, 6.45) is 0. The third-order valence-corrected chi connectivity index (χ3v) is 13.9. The molecule has 0 saturated heterocycles. The maximum Gasteiger partial charge on any atom is 0.142 e. The smallest absolute Gasteiger partial charge is 0.142 e. The van der Waals surface area contributed by atoms with Crippen LogP contribution in [0.3, 0.4) is 0 Å². The Morgan fingerprint density at radius 1 is 0.427 bits per heavy atom. The van der Waals surface area contributed by atoms with Crippen LogP contribution >= 0.6 is 0 Å². The molecule has 0 spiro atoms. The highest BCUT2D eigenvalue weighted by Gasteiger charge is 2.47. The minimum Gasteiger partial charge on any atom is -0.489 e. The lowest BCUT2D eigenvalue weighted by molar-refractivity contribution is -0.901. The molecule has 460 valence electrons. The van der Waals surface area contributed by atoms with Crippen LogP contribution in [-0.4, -0.2) is 236 Å². The van der Waals surface area contributed by atoms with Crippen molar-refractivity contribution in [3.05, 3.63) is 117 Å². The monoisotopic (exact) mass is 1150 g/mol. The number of rotatable bonds is 50. The van der Waals surface area contributed by atoms with E-state index in [-0.39, 0.29) is 6.61 Å². The highest BCUT2D eigenvalue weighted by Crippen LogP contribution is 2.57. The summed E-state index contributed by atoms with van der Waals surface area (Å²) >= 11 is 0. The van der Waals surface area contributed by atoms with Gasteiger partial charge in [-0.15, -0.1) is 0 Å². The van der Waals surface area contributed by atoms with E-state index in [4.69, 9.17) is 76.2 Å². The first-order valence-electron chi connectivity index (χ1n) is 29.3. The van der Waals surface area contributed by atoms with Crippen molar-refractivity contribution in [1.29, 1.82) is 0 Å². The molecule has 1 aliphatic rings. The third kappa shape index (κ3) is 23.7. The van der Waals surface area contributed by atoms with Gasteiger partial charge in [0.05, 0.1) is 217 Å². The van der Waals surface area contributed by atoms with Gasteiger partial charge in [-0.3, -0.25) is 0 Å². The summed E-state index contributed by atoms with van der Waals surface area (Å²) in [7, 11) is 10.4. The number of aryl methyl sites for hydroxylation is 2.